The summed E-state index contributed by atoms with van der Waals surface area (Å²) in [5, 5.41) is 11.0. The summed E-state index contributed by atoms with van der Waals surface area (Å²) in [6.45, 7) is -0.101. The van der Waals surface area contributed by atoms with Gasteiger partial charge in [0.2, 0.25) is 0 Å². The lowest BCUT2D eigenvalue weighted by molar-refractivity contribution is -0.0141. The topological polar surface area (TPSA) is 49.8 Å². The van der Waals surface area contributed by atoms with Crippen LogP contribution in [0.2, 0.25) is 10.0 Å². The number of benzene rings is 2. The van der Waals surface area contributed by atoms with Crippen molar-refractivity contribution < 1.29 is 14.6 Å². The number of hydrogen-bond donors (Lipinski definition) is 1. The zero-order valence-electron chi connectivity index (χ0n) is 10.8. The smallest absolute Gasteiger partial charge is 0.259 e. The maximum Gasteiger partial charge on any atom is 0.259 e. The van der Waals surface area contributed by atoms with E-state index in [1.165, 1.54) is 4.90 Å². The van der Waals surface area contributed by atoms with Crippen LogP contribution in [0.4, 0.5) is 0 Å². The zero-order chi connectivity index (χ0) is 15.0. The first-order valence-corrected chi connectivity index (χ1v) is 6.99. The molecule has 1 N–H and O–H groups in total. The van der Waals surface area contributed by atoms with Crippen LogP contribution in [0.25, 0.3) is 0 Å². The van der Waals surface area contributed by atoms with E-state index in [0.717, 1.165) is 0 Å². The third-order valence-corrected chi connectivity index (χ3v) is 3.81. The van der Waals surface area contributed by atoms with Gasteiger partial charge < -0.3 is 9.84 Å². The van der Waals surface area contributed by atoms with E-state index >= 15 is 0 Å². The normalized spacial score (nSPS) is 17.0. The standard InChI is InChI=1S/C15H11Cl2NO3/c16-9-5-6-13(12(17)7-9)21-8-18-14(19)10-3-1-2-4-11(10)15(18)20/h1-7,14,19H,8H2/t14-/m1/s1. The van der Waals surface area contributed by atoms with E-state index in [0.29, 0.717) is 26.9 Å². The highest BCUT2D eigenvalue weighted by Crippen LogP contribution is 2.32. The minimum absolute atomic E-state index is 0.101. The molecular formula is C15H11Cl2NO3. The Morgan fingerprint density at radius 1 is 1.19 bits per heavy atom. The van der Waals surface area contributed by atoms with Gasteiger partial charge in [0, 0.05) is 16.1 Å². The Balaban J connectivity index is 1.76. The van der Waals surface area contributed by atoms with Crippen molar-refractivity contribution in [2.24, 2.45) is 0 Å². The molecule has 4 nitrogen and oxygen atoms in total. The summed E-state index contributed by atoms with van der Waals surface area (Å²) in [6.07, 6.45) is -1.01. The molecule has 1 aliphatic heterocycles. The number of nitrogens with zero attached hydrogens (tertiary/aromatic N) is 1. The first-order valence-electron chi connectivity index (χ1n) is 6.24. The number of carbonyl (C=O) groups is 1. The second-order valence-electron chi connectivity index (χ2n) is 4.58. The molecule has 0 saturated heterocycles. The number of amides is 1. The fourth-order valence-electron chi connectivity index (χ4n) is 2.21. The number of aliphatic hydroxyl groups excluding tert-OH is 1. The Hall–Kier alpha value is -1.75. The molecule has 0 fully saturated rings. The first-order chi connectivity index (χ1) is 10.1. The van der Waals surface area contributed by atoms with Gasteiger partial charge >= 0.3 is 0 Å². The molecule has 2 aromatic rings. The van der Waals surface area contributed by atoms with Gasteiger partial charge in [0.1, 0.15) is 5.75 Å². The molecule has 2 aromatic carbocycles. The van der Waals surface area contributed by atoms with Gasteiger partial charge in [0.25, 0.3) is 5.91 Å². The molecule has 6 heteroatoms. The number of aliphatic hydroxyl groups is 1. The minimum Gasteiger partial charge on any atom is -0.471 e. The second-order valence-corrected chi connectivity index (χ2v) is 5.43. The SMILES string of the molecule is O=C1c2ccccc2[C@@H](O)N1COc1ccc(Cl)cc1Cl. The molecule has 0 aliphatic carbocycles. The maximum atomic E-state index is 12.2. The van der Waals surface area contributed by atoms with E-state index in [4.69, 9.17) is 27.9 Å². The van der Waals surface area contributed by atoms with Crippen LogP contribution in [0.3, 0.4) is 0 Å². The predicted octanol–water partition coefficient (Wildman–Crippen LogP) is 3.48. The third kappa shape index (κ3) is 2.58. The predicted molar refractivity (Wildman–Crippen MR) is 79.5 cm³/mol. The van der Waals surface area contributed by atoms with E-state index in [1.54, 1.807) is 42.5 Å². The van der Waals surface area contributed by atoms with E-state index in [9.17, 15) is 9.90 Å². The highest BCUT2D eigenvalue weighted by atomic mass is 35.5. The minimum atomic E-state index is -1.01. The summed E-state index contributed by atoms with van der Waals surface area (Å²) >= 11 is 11.8. The van der Waals surface area contributed by atoms with Crippen molar-refractivity contribution in [1.29, 1.82) is 0 Å². The van der Waals surface area contributed by atoms with Crippen molar-refractivity contribution in [2.75, 3.05) is 6.73 Å². The Kier molecular flexibility index (Phi) is 3.76. The molecule has 0 unspecified atom stereocenters. The summed E-state index contributed by atoms with van der Waals surface area (Å²) in [5.41, 5.74) is 1.06. The van der Waals surface area contributed by atoms with Gasteiger partial charge in [-0.05, 0) is 24.3 Å². The third-order valence-electron chi connectivity index (χ3n) is 3.28. The summed E-state index contributed by atoms with van der Waals surface area (Å²) in [5.74, 6) is 0.125. The molecule has 108 valence electrons. The number of ether oxygens (including phenoxy) is 1. The second kappa shape index (κ2) is 5.56. The van der Waals surface area contributed by atoms with Crippen molar-refractivity contribution in [1.82, 2.24) is 4.90 Å². The highest BCUT2D eigenvalue weighted by Gasteiger charge is 2.35. The van der Waals surface area contributed by atoms with Crippen molar-refractivity contribution >= 4 is 29.1 Å². The summed E-state index contributed by atoms with van der Waals surface area (Å²) in [7, 11) is 0. The summed E-state index contributed by atoms with van der Waals surface area (Å²) in [4.78, 5) is 13.4. The molecule has 0 aromatic heterocycles. The van der Waals surface area contributed by atoms with Crippen LogP contribution in [0.1, 0.15) is 22.1 Å². The van der Waals surface area contributed by atoms with Gasteiger partial charge in [-0.1, -0.05) is 41.4 Å². The molecule has 1 aliphatic rings. The van der Waals surface area contributed by atoms with Crippen LogP contribution in [-0.2, 0) is 0 Å². The molecule has 0 spiro atoms. The van der Waals surface area contributed by atoms with Crippen LogP contribution in [0.15, 0.2) is 42.5 Å². The number of halogens is 2. The maximum absolute atomic E-state index is 12.2. The fourth-order valence-corrected chi connectivity index (χ4v) is 2.67. The number of fused-ring (bicyclic) bond motifs is 1. The quantitative estimate of drug-likeness (QED) is 0.940. The van der Waals surface area contributed by atoms with Gasteiger partial charge in [0.15, 0.2) is 13.0 Å². The average Bonchev–Trinajstić information content (AvgIpc) is 2.71. The van der Waals surface area contributed by atoms with Gasteiger partial charge in [0.05, 0.1) is 5.02 Å². The molecule has 0 bridgehead atoms. The van der Waals surface area contributed by atoms with E-state index in [-0.39, 0.29) is 12.6 Å². The Labute approximate surface area is 131 Å². The average molecular weight is 324 g/mol. The molecule has 0 saturated carbocycles. The molecule has 21 heavy (non-hydrogen) atoms. The molecule has 0 radical (unpaired) electrons. The van der Waals surface area contributed by atoms with Crippen molar-refractivity contribution in [3.05, 3.63) is 63.6 Å². The van der Waals surface area contributed by atoms with E-state index in [2.05, 4.69) is 0 Å². The van der Waals surface area contributed by atoms with Crippen LogP contribution in [0, 0.1) is 0 Å². The fraction of sp³-hybridized carbons (Fsp3) is 0.133. The number of hydrogen-bond acceptors (Lipinski definition) is 3. The van der Waals surface area contributed by atoms with Crippen LogP contribution < -0.4 is 4.74 Å². The first kappa shape index (κ1) is 14.2. The Morgan fingerprint density at radius 3 is 2.67 bits per heavy atom. The molecule has 1 atom stereocenters. The largest absolute Gasteiger partial charge is 0.471 e. The summed E-state index contributed by atoms with van der Waals surface area (Å²) in [6, 6.07) is 11.7. The van der Waals surface area contributed by atoms with Crippen molar-refractivity contribution in [2.45, 2.75) is 6.23 Å². The van der Waals surface area contributed by atoms with Gasteiger partial charge in [-0.3, -0.25) is 9.69 Å². The molecule has 3 rings (SSSR count). The molecular weight excluding hydrogens is 313 g/mol. The van der Waals surface area contributed by atoms with Gasteiger partial charge in [-0.25, -0.2) is 0 Å². The monoisotopic (exact) mass is 323 g/mol. The zero-order valence-corrected chi connectivity index (χ0v) is 12.3. The summed E-state index contributed by atoms with van der Waals surface area (Å²) < 4.78 is 5.50. The molecule has 1 heterocycles. The van der Waals surface area contributed by atoms with Gasteiger partial charge in [-0.2, -0.15) is 0 Å². The van der Waals surface area contributed by atoms with E-state index < -0.39 is 6.23 Å². The lowest BCUT2D eigenvalue weighted by Crippen LogP contribution is -2.31. The van der Waals surface area contributed by atoms with Crippen LogP contribution in [0.5, 0.6) is 5.75 Å². The van der Waals surface area contributed by atoms with Crippen LogP contribution >= 0.6 is 23.2 Å². The van der Waals surface area contributed by atoms with Crippen molar-refractivity contribution in [3.63, 3.8) is 0 Å². The van der Waals surface area contributed by atoms with Gasteiger partial charge in [-0.15, -0.1) is 0 Å². The molecule has 1 amide bonds. The number of rotatable bonds is 3. The van der Waals surface area contributed by atoms with Crippen molar-refractivity contribution in [3.8, 4) is 5.75 Å². The number of carbonyl (C=O) groups excluding carboxylic acids is 1. The Bertz CT molecular complexity index is 705. The highest BCUT2D eigenvalue weighted by molar-refractivity contribution is 6.35. The van der Waals surface area contributed by atoms with E-state index in [1.807, 2.05) is 0 Å². The van der Waals surface area contributed by atoms with Crippen LogP contribution in [-0.4, -0.2) is 22.6 Å². The lowest BCUT2D eigenvalue weighted by atomic mass is 10.1. The lowest BCUT2D eigenvalue weighted by Gasteiger charge is -2.21. The Morgan fingerprint density at radius 2 is 1.95 bits per heavy atom.